The molecule has 1 fully saturated rings. The van der Waals surface area contributed by atoms with Gasteiger partial charge in [-0.3, -0.25) is 9.59 Å². The minimum absolute atomic E-state index is 0. The van der Waals surface area contributed by atoms with Gasteiger partial charge in [0.05, 0.1) is 0 Å². The Morgan fingerprint density at radius 2 is 1.68 bits per heavy atom. The molecule has 0 aromatic heterocycles. The number of nitrogens with zero attached hydrogens (tertiary/aromatic N) is 3. The molecule has 0 atom stereocenters. The molecule has 0 aromatic carbocycles. The number of azide groups is 1. The van der Waals surface area contributed by atoms with Gasteiger partial charge in [-0.1, -0.05) is 5.11 Å². The Kier molecular flexibility index (Phi) is 10.4. The van der Waals surface area contributed by atoms with Crippen molar-refractivity contribution in [1.29, 1.82) is 0 Å². The fraction of sp³-hybridized carbons (Fsp3) is 0.778. The van der Waals surface area contributed by atoms with Gasteiger partial charge in [0.1, 0.15) is 0 Å². The number of hydrogen-bond donors (Lipinski definition) is 2. The van der Waals surface area contributed by atoms with Crippen LogP contribution in [0.5, 0.6) is 0 Å². The van der Waals surface area contributed by atoms with E-state index in [1.54, 1.807) is 0 Å². The van der Waals surface area contributed by atoms with Gasteiger partial charge in [-0.05, 0) is 30.8 Å². The van der Waals surface area contributed by atoms with Gasteiger partial charge in [-0.2, -0.15) is 0 Å². The topological polar surface area (TPSA) is 171 Å². The summed E-state index contributed by atoms with van der Waals surface area (Å²) in [7, 11) is 0. The Morgan fingerprint density at radius 1 is 1.26 bits per heavy atom. The first-order valence-corrected chi connectivity index (χ1v) is 5.24. The average molecular weight is 452 g/mol. The first-order valence-electron chi connectivity index (χ1n) is 5.24. The molecule has 0 saturated heterocycles. The number of carbonyl (C=O) groups is 2. The monoisotopic (exact) mass is 452 g/mol. The molecular formula is C9H15N5O4Pt. The molecular weight excluding hydrogens is 437 g/mol. The van der Waals surface area contributed by atoms with E-state index in [-0.39, 0.29) is 47.0 Å². The molecule has 9 nitrogen and oxygen atoms in total. The molecule has 0 heterocycles. The summed E-state index contributed by atoms with van der Waals surface area (Å²) in [5.41, 5.74) is 19.7. The van der Waals surface area contributed by atoms with E-state index >= 15 is 0 Å². The molecule has 0 bridgehead atoms. The summed E-state index contributed by atoms with van der Waals surface area (Å²) in [6.45, 7) is 0.0150. The van der Waals surface area contributed by atoms with Crippen LogP contribution in [0.25, 0.3) is 21.9 Å². The molecule has 4 N–H and O–H groups in total. The summed E-state index contributed by atoms with van der Waals surface area (Å²) in [4.78, 5) is 23.2. The van der Waals surface area contributed by atoms with E-state index in [4.69, 9.17) is 27.2 Å². The van der Waals surface area contributed by atoms with Crippen LogP contribution in [-0.2, 0) is 30.7 Å². The molecule has 1 saturated carbocycles. The summed E-state index contributed by atoms with van der Waals surface area (Å²) in [6.07, 6.45) is 1.26. The van der Waals surface area contributed by atoms with Crippen molar-refractivity contribution in [2.45, 2.75) is 25.3 Å². The minimum Gasteiger partial charge on any atom is -0.677 e. The van der Waals surface area contributed by atoms with E-state index in [0.29, 0.717) is 6.42 Å². The Hall–Kier alpha value is -1.14. The second-order valence-corrected chi connectivity index (χ2v) is 3.81. The van der Waals surface area contributed by atoms with E-state index in [0.717, 1.165) is 0 Å². The predicted molar refractivity (Wildman–Crippen MR) is 62.9 cm³/mol. The standard InChI is InChI=1S/C6H8O4.C3H7N5.Pt/c7-4(8)6(5(9)10)2-1-3-6;4-1-3(2-5)7-8-6;/h1-3H2,(H,7,8)(H,9,10);3-5H,1-2H2;/q;-2;+2. The molecule has 1 aliphatic carbocycles. The molecule has 0 aliphatic heterocycles. The molecule has 10 heteroatoms. The van der Waals surface area contributed by atoms with E-state index < -0.39 is 23.4 Å². The number of hydrogen-bond acceptors (Lipinski definition) is 3. The molecule has 1 aliphatic rings. The third-order valence-electron chi connectivity index (χ3n) is 2.71. The van der Waals surface area contributed by atoms with Crippen LogP contribution in [0.1, 0.15) is 19.3 Å². The van der Waals surface area contributed by atoms with Gasteiger partial charge in [-0.25, -0.2) is 0 Å². The van der Waals surface area contributed by atoms with Crippen LogP contribution >= 0.6 is 0 Å². The average Bonchev–Trinajstić information content (AvgIpc) is 2.24. The first kappa shape index (κ1) is 20.2. The van der Waals surface area contributed by atoms with Gasteiger partial charge in [0, 0.05) is 4.91 Å². The number of carboxylic acid groups (broad SMARTS) is 2. The summed E-state index contributed by atoms with van der Waals surface area (Å²) >= 11 is 0. The van der Waals surface area contributed by atoms with Crippen molar-refractivity contribution < 1.29 is 40.9 Å². The molecule has 0 radical (unpaired) electrons. The summed E-state index contributed by atoms with van der Waals surface area (Å²) in [6, 6.07) is -0.458. The Labute approximate surface area is 124 Å². The van der Waals surface area contributed by atoms with Crippen molar-refractivity contribution in [2.75, 3.05) is 13.1 Å². The third kappa shape index (κ3) is 5.57. The second-order valence-electron chi connectivity index (χ2n) is 3.81. The number of aliphatic carboxylic acids is 2. The van der Waals surface area contributed by atoms with Gasteiger partial charge in [0.15, 0.2) is 5.41 Å². The van der Waals surface area contributed by atoms with Crippen molar-refractivity contribution >= 4 is 11.9 Å². The summed E-state index contributed by atoms with van der Waals surface area (Å²) in [5.74, 6) is -2.41. The number of carboxylic acids is 2. The number of rotatable bonds is 5. The zero-order valence-electron chi connectivity index (χ0n) is 9.98. The van der Waals surface area contributed by atoms with Crippen molar-refractivity contribution in [2.24, 2.45) is 10.5 Å². The van der Waals surface area contributed by atoms with Crippen molar-refractivity contribution in [3.05, 3.63) is 21.9 Å². The molecule has 0 unspecified atom stereocenters. The largest absolute Gasteiger partial charge is 2.00 e. The molecule has 110 valence electrons. The summed E-state index contributed by atoms with van der Waals surface area (Å²) in [5, 5.41) is 20.1. The third-order valence-corrected chi connectivity index (χ3v) is 2.71. The van der Waals surface area contributed by atoms with Gasteiger partial charge in [0.2, 0.25) is 0 Å². The van der Waals surface area contributed by atoms with Crippen LogP contribution in [0.3, 0.4) is 0 Å². The van der Waals surface area contributed by atoms with Crippen molar-refractivity contribution in [3.8, 4) is 0 Å². The van der Waals surface area contributed by atoms with Crippen LogP contribution < -0.4 is 0 Å². The SMILES string of the molecule is O=C(O)C1(C(=O)O)CCC1.[N-]=[N+]=NC(C[NH-])C[NH-].[Pt+2]. The van der Waals surface area contributed by atoms with Crippen LogP contribution in [0.2, 0.25) is 0 Å². The maximum Gasteiger partial charge on any atom is 2.00 e. The van der Waals surface area contributed by atoms with Crippen LogP contribution in [0, 0.1) is 5.41 Å². The fourth-order valence-electron chi connectivity index (χ4n) is 1.28. The van der Waals surface area contributed by atoms with E-state index in [9.17, 15) is 9.59 Å². The van der Waals surface area contributed by atoms with Gasteiger partial charge >= 0.3 is 33.0 Å². The predicted octanol–water partition coefficient (Wildman–Crippen LogP) is 2.09. The Balaban J connectivity index is 0. The van der Waals surface area contributed by atoms with Crippen molar-refractivity contribution in [3.63, 3.8) is 0 Å². The van der Waals surface area contributed by atoms with Crippen LogP contribution in [0.4, 0.5) is 0 Å². The Bertz CT molecular complexity index is 335. The number of nitrogens with one attached hydrogen (secondary N) is 2. The van der Waals surface area contributed by atoms with Crippen LogP contribution in [0.15, 0.2) is 5.11 Å². The molecule has 1 rings (SSSR count). The second kappa shape index (κ2) is 9.74. The molecule has 0 spiro atoms. The van der Waals surface area contributed by atoms with E-state index in [2.05, 4.69) is 10.0 Å². The van der Waals surface area contributed by atoms with Gasteiger partial charge in [-0.15, -0.1) is 13.1 Å². The Morgan fingerprint density at radius 3 is 1.74 bits per heavy atom. The normalized spacial score (nSPS) is 14.9. The smallest absolute Gasteiger partial charge is 0.677 e. The molecule has 0 aromatic rings. The van der Waals surface area contributed by atoms with E-state index in [1.807, 2.05) is 0 Å². The minimum atomic E-state index is -1.44. The van der Waals surface area contributed by atoms with Crippen molar-refractivity contribution in [1.82, 2.24) is 0 Å². The summed E-state index contributed by atoms with van der Waals surface area (Å²) < 4.78 is 0. The van der Waals surface area contributed by atoms with Crippen LogP contribution in [-0.4, -0.2) is 41.3 Å². The molecule has 0 amide bonds. The fourth-order valence-corrected chi connectivity index (χ4v) is 1.28. The first-order chi connectivity index (χ1) is 8.44. The van der Waals surface area contributed by atoms with Gasteiger partial charge in [0.25, 0.3) is 0 Å². The maximum absolute atomic E-state index is 10.4. The maximum atomic E-state index is 10.4. The zero-order valence-corrected chi connectivity index (χ0v) is 12.3. The van der Waals surface area contributed by atoms with E-state index in [1.165, 1.54) is 0 Å². The quantitative estimate of drug-likeness (QED) is 0.282. The molecule has 19 heavy (non-hydrogen) atoms. The van der Waals surface area contributed by atoms with Gasteiger partial charge < -0.3 is 21.7 Å². The zero-order chi connectivity index (χ0) is 14.2.